The van der Waals surface area contributed by atoms with Crippen molar-refractivity contribution < 1.29 is 4.79 Å². The molecule has 0 amide bonds. The number of benzene rings is 1. The van der Waals surface area contributed by atoms with E-state index >= 15 is 0 Å². The first kappa shape index (κ1) is 14.4. The second kappa shape index (κ2) is 5.76. The van der Waals surface area contributed by atoms with Crippen molar-refractivity contribution in [3.05, 3.63) is 47.6 Å². The monoisotopic (exact) mass is 323 g/mol. The van der Waals surface area contributed by atoms with E-state index in [4.69, 9.17) is 0 Å². The molecular weight excluding hydrogens is 306 g/mol. The highest BCUT2D eigenvalue weighted by Gasteiger charge is 2.16. The lowest BCUT2D eigenvalue weighted by Crippen LogP contribution is -2.19. The molecule has 0 spiro atoms. The Balaban J connectivity index is 1.95. The summed E-state index contributed by atoms with van der Waals surface area (Å²) in [5, 5.41) is 7.45. The zero-order valence-electron chi connectivity index (χ0n) is 12.9. The summed E-state index contributed by atoms with van der Waals surface area (Å²) in [5.74, 6) is 0.0396. The lowest BCUT2D eigenvalue weighted by atomic mass is 9.99. The van der Waals surface area contributed by atoms with Crippen molar-refractivity contribution in [3.8, 4) is 10.6 Å². The molecule has 0 aliphatic carbocycles. The highest BCUT2D eigenvalue weighted by atomic mass is 32.1. The fraction of sp³-hybridized carbons (Fsp3) is 0.222. The van der Waals surface area contributed by atoms with Gasteiger partial charge in [0.25, 0.3) is 0 Å². The molecule has 1 N–H and O–H groups in total. The molecule has 3 heterocycles. The number of rotatable bonds is 2. The van der Waals surface area contributed by atoms with Gasteiger partial charge in [-0.15, -0.1) is 11.3 Å². The highest BCUT2D eigenvalue weighted by Crippen LogP contribution is 2.33. The van der Waals surface area contributed by atoms with Crippen molar-refractivity contribution in [2.45, 2.75) is 13.3 Å². The van der Waals surface area contributed by atoms with Crippen LogP contribution >= 0.6 is 11.3 Å². The van der Waals surface area contributed by atoms with Crippen LogP contribution in [-0.2, 0) is 0 Å². The van der Waals surface area contributed by atoms with Gasteiger partial charge >= 0.3 is 0 Å². The molecule has 1 aromatic carbocycles. The summed E-state index contributed by atoms with van der Waals surface area (Å²) in [4.78, 5) is 16.4. The van der Waals surface area contributed by atoms with Gasteiger partial charge in [-0.05, 0) is 36.7 Å². The summed E-state index contributed by atoms with van der Waals surface area (Å²) in [6, 6.07) is 6.23. The van der Waals surface area contributed by atoms with Crippen LogP contribution in [0.2, 0.25) is 0 Å². The average molecular weight is 323 g/mol. The van der Waals surface area contributed by atoms with E-state index in [1.807, 2.05) is 29.9 Å². The quantitative estimate of drug-likeness (QED) is 0.780. The van der Waals surface area contributed by atoms with Gasteiger partial charge in [0.1, 0.15) is 5.01 Å². The van der Waals surface area contributed by atoms with Crippen LogP contribution in [0.5, 0.6) is 0 Å². The fourth-order valence-corrected chi connectivity index (χ4v) is 3.75. The van der Waals surface area contributed by atoms with Gasteiger partial charge in [-0.2, -0.15) is 0 Å². The molecule has 0 saturated heterocycles. The lowest BCUT2D eigenvalue weighted by molar-refractivity contribution is 0.0941. The Bertz CT molecular complexity index is 906. The summed E-state index contributed by atoms with van der Waals surface area (Å²) in [6.45, 7) is 3.47. The Labute approximate surface area is 138 Å². The summed E-state index contributed by atoms with van der Waals surface area (Å²) in [5.41, 5.74) is 4.54. The van der Waals surface area contributed by atoms with E-state index in [-0.39, 0.29) is 5.91 Å². The van der Waals surface area contributed by atoms with Gasteiger partial charge < -0.3 is 5.32 Å². The molecule has 1 aliphatic heterocycles. The standard InChI is InChI=1S/C18H17N3OS/c1-12(22)21-11-16(13-4-6-19-7-5-13)15-10-14(2-3-17(15)21)18-20-8-9-23-18/h2-4,8-11,19H,5-7H2,1H3. The van der Waals surface area contributed by atoms with Gasteiger partial charge in [0, 0.05) is 47.8 Å². The second-order valence-corrected chi connectivity index (χ2v) is 6.58. The molecule has 116 valence electrons. The maximum absolute atomic E-state index is 12.0. The topological polar surface area (TPSA) is 46.9 Å². The third-order valence-electron chi connectivity index (χ3n) is 4.23. The van der Waals surface area contributed by atoms with Gasteiger partial charge in [-0.1, -0.05) is 6.08 Å². The molecule has 0 saturated carbocycles. The molecule has 4 nitrogen and oxygen atoms in total. The molecule has 0 fully saturated rings. The molecule has 0 unspecified atom stereocenters. The maximum atomic E-state index is 12.0. The van der Waals surface area contributed by atoms with Crippen LogP contribution < -0.4 is 5.32 Å². The number of aromatic nitrogens is 2. The molecule has 1 aliphatic rings. The zero-order chi connectivity index (χ0) is 15.8. The van der Waals surface area contributed by atoms with E-state index in [0.717, 1.165) is 46.5 Å². The summed E-state index contributed by atoms with van der Waals surface area (Å²) in [6.07, 6.45) is 7.01. The van der Waals surface area contributed by atoms with Crippen molar-refractivity contribution in [2.24, 2.45) is 0 Å². The summed E-state index contributed by atoms with van der Waals surface area (Å²) >= 11 is 1.63. The van der Waals surface area contributed by atoms with Gasteiger partial charge in [-0.25, -0.2) is 4.98 Å². The van der Waals surface area contributed by atoms with E-state index in [2.05, 4.69) is 22.4 Å². The van der Waals surface area contributed by atoms with Crippen molar-refractivity contribution in [1.29, 1.82) is 0 Å². The normalized spacial score (nSPS) is 14.9. The lowest BCUT2D eigenvalue weighted by Gasteiger charge is -2.13. The summed E-state index contributed by atoms with van der Waals surface area (Å²) < 4.78 is 1.75. The van der Waals surface area contributed by atoms with E-state index < -0.39 is 0 Å². The molecule has 3 aromatic rings. The number of hydrogen-bond donors (Lipinski definition) is 1. The SMILES string of the molecule is CC(=O)n1cc(C2=CCNCC2)c2cc(-c3nccs3)ccc21. The minimum atomic E-state index is 0.0396. The third kappa shape index (κ3) is 2.52. The van der Waals surface area contributed by atoms with Crippen molar-refractivity contribution in [3.63, 3.8) is 0 Å². The van der Waals surface area contributed by atoms with Crippen LogP contribution in [0.25, 0.3) is 27.0 Å². The van der Waals surface area contributed by atoms with E-state index in [9.17, 15) is 4.79 Å². The largest absolute Gasteiger partial charge is 0.313 e. The Morgan fingerprint density at radius 1 is 1.39 bits per heavy atom. The van der Waals surface area contributed by atoms with Crippen LogP contribution in [0.3, 0.4) is 0 Å². The molecule has 0 atom stereocenters. The number of nitrogens with one attached hydrogen (secondary N) is 1. The first-order valence-electron chi connectivity index (χ1n) is 7.70. The van der Waals surface area contributed by atoms with Gasteiger partial charge in [0.15, 0.2) is 0 Å². The van der Waals surface area contributed by atoms with Gasteiger partial charge in [-0.3, -0.25) is 9.36 Å². The van der Waals surface area contributed by atoms with Gasteiger partial charge in [0.2, 0.25) is 5.91 Å². The van der Waals surface area contributed by atoms with E-state index in [1.165, 1.54) is 5.57 Å². The van der Waals surface area contributed by atoms with Gasteiger partial charge in [0.05, 0.1) is 5.52 Å². The van der Waals surface area contributed by atoms with Crippen molar-refractivity contribution >= 4 is 33.7 Å². The number of nitrogens with zero attached hydrogens (tertiary/aromatic N) is 2. The van der Waals surface area contributed by atoms with Crippen molar-refractivity contribution in [1.82, 2.24) is 14.9 Å². The van der Waals surface area contributed by atoms with E-state index in [0.29, 0.717) is 0 Å². The van der Waals surface area contributed by atoms with Crippen LogP contribution in [0.15, 0.2) is 42.0 Å². The van der Waals surface area contributed by atoms with E-state index in [1.54, 1.807) is 22.8 Å². The van der Waals surface area contributed by atoms with Crippen LogP contribution in [0, 0.1) is 0 Å². The minimum Gasteiger partial charge on any atom is -0.313 e. The second-order valence-electron chi connectivity index (χ2n) is 5.68. The highest BCUT2D eigenvalue weighted by molar-refractivity contribution is 7.13. The van der Waals surface area contributed by atoms with Crippen LogP contribution in [0.4, 0.5) is 0 Å². The van der Waals surface area contributed by atoms with Crippen LogP contribution in [-0.4, -0.2) is 28.5 Å². The molecule has 5 heteroatoms. The maximum Gasteiger partial charge on any atom is 0.227 e. The van der Waals surface area contributed by atoms with Crippen molar-refractivity contribution in [2.75, 3.05) is 13.1 Å². The molecule has 23 heavy (non-hydrogen) atoms. The molecule has 4 rings (SSSR count). The fourth-order valence-electron chi connectivity index (χ4n) is 3.11. The average Bonchev–Trinajstić information content (AvgIpc) is 3.23. The Hall–Kier alpha value is -2.24. The summed E-state index contributed by atoms with van der Waals surface area (Å²) in [7, 11) is 0. The Morgan fingerprint density at radius 2 is 2.30 bits per heavy atom. The predicted octanol–water partition coefficient (Wildman–Crippen LogP) is 3.80. The molecule has 2 aromatic heterocycles. The predicted molar refractivity (Wildman–Crippen MR) is 94.8 cm³/mol. The smallest absolute Gasteiger partial charge is 0.227 e. The van der Waals surface area contributed by atoms with Crippen LogP contribution in [0.1, 0.15) is 23.7 Å². The number of carbonyl (C=O) groups is 1. The first-order valence-corrected chi connectivity index (χ1v) is 8.58. The first-order chi connectivity index (χ1) is 11.2. The Morgan fingerprint density at radius 3 is 3.00 bits per heavy atom. The number of carbonyl (C=O) groups excluding carboxylic acids is 1. The Kier molecular flexibility index (Phi) is 3.59. The molecular formula is C18H17N3OS. The minimum absolute atomic E-state index is 0.0396. The number of hydrogen-bond acceptors (Lipinski definition) is 4. The molecule has 0 radical (unpaired) electrons. The zero-order valence-corrected chi connectivity index (χ0v) is 13.7. The number of fused-ring (bicyclic) bond motifs is 1. The molecule has 0 bridgehead atoms. The number of thiazole rings is 1. The third-order valence-corrected chi connectivity index (χ3v) is 5.06.